The monoisotopic (exact) mass is 328 g/mol. The molecule has 0 aliphatic carbocycles. The van der Waals surface area contributed by atoms with Crippen LogP contribution in [0.5, 0.6) is 5.75 Å². The quantitative estimate of drug-likeness (QED) is 0.844. The second-order valence-electron chi connectivity index (χ2n) is 6.11. The van der Waals surface area contributed by atoms with Gasteiger partial charge in [0.1, 0.15) is 0 Å². The molecule has 1 aliphatic rings. The number of rotatable bonds is 5. The van der Waals surface area contributed by atoms with Crippen LogP contribution in [0.2, 0.25) is 0 Å². The molecule has 3 rings (SSSR count). The number of aromatic nitrogens is 1. The molecule has 1 amide bonds. The summed E-state index contributed by atoms with van der Waals surface area (Å²) in [6, 6.07) is 10.0. The van der Waals surface area contributed by atoms with E-state index < -0.39 is 0 Å². The zero-order valence-corrected chi connectivity index (χ0v) is 13.7. The number of likely N-dealkylation sites (tertiary alicyclic amines) is 1. The van der Waals surface area contributed by atoms with Crippen LogP contribution in [0.3, 0.4) is 0 Å². The number of pyridine rings is 1. The van der Waals surface area contributed by atoms with Crippen molar-refractivity contribution >= 4 is 5.91 Å². The zero-order valence-electron chi connectivity index (χ0n) is 13.7. The summed E-state index contributed by atoms with van der Waals surface area (Å²) in [5.74, 6) is 0.373. The van der Waals surface area contributed by atoms with Crippen LogP contribution in [0.15, 0.2) is 42.6 Å². The Morgan fingerprint density at radius 1 is 1.33 bits per heavy atom. The van der Waals surface area contributed by atoms with Gasteiger partial charge in [0.25, 0.3) is 5.91 Å². The van der Waals surface area contributed by atoms with Crippen LogP contribution < -0.4 is 4.74 Å². The van der Waals surface area contributed by atoms with Gasteiger partial charge in [-0.3, -0.25) is 9.78 Å². The van der Waals surface area contributed by atoms with Gasteiger partial charge in [0.2, 0.25) is 0 Å². The highest BCUT2D eigenvalue weighted by Gasteiger charge is 2.27. The highest BCUT2D eigenvalue weighted by atomic mass is 19.1. The van der Waals surface area contributed by atoms with Gasteiger partial charge in [0.05, 0.1) is 12.2 Å². The van der Waals surface area contributed by atoms with E-state index in [0.717, 1.165) is 25.1 Å². The zero-order chi connectivity index (χ0) is 16.9. The lowest BCUT2D eigenvalue weighted by molar-refractivity contribution is 0.0784. The molecule has 1 aliphatic heterocycles. The normalized spacial score (nSPS) is 17.1. The number of carbonyl (C=O) groups excluding carboxylic acids is 1. The summed E-state index contributed by atoms with van der Waals surface area (Å²) >= 11 is 0. The smallest absolute Gasteiger partial charge is 0.255 e. The second-order valence-corrected chi connectivity index (χ2v) is 6.11. The molecule has 0 N–H and O–H groups in total. The Bertz CT molecular complexity index is 720. The predicted octanol–water partition coefficient (Wildman–Crippen LogP) is 3.46. The highest BCUT2D eigenvalue weighted by Crippen LogP contribution is 2.23. The summed E-state index contributed by atoms with van der Waals surface area (Å²) < 4.78 is 19.0. The predicted molar refractivity (Wildman–Crippen MR) is 89.5 cm³/mol. The Morgan fingerprint density at radius 3 is 2.96 bits per heavy atom. The standard InChI is InChI=1S/C19H21FN2O2/c1-14-16(5-4-10-21-14)19(23)22-11-8-15(13-22)9-12-24-18-7-3-2-6-17(18)20/h2-7,10,15H,8-9,11-13H2,1H3/t15-/m1/s1. The first-order valence-corrected chi connectivity index (χ1v) is 8.23. The molecule has 5 heteroatoms. The van der Waals surface area contributed by atoms with Crippen molar-refractivity contribution in [1.29, 1.82) is 0 Å². The lowest BCUT2D eigenvalue weighted by atomic mass is 10.1. The molecule has 0 bridgehead atoms. The number of nitrogens with zero attached hydrogens (tertiary/aromatic N) is 2. The van der Waals surface area contributed by atoms with E-state index in [0.29, 0.717) is 24.6 Å². The van der Waals surface area contributed by atoms with Crippen LogP contribution in [0.1, 0.15) is 28.9 Å². The van der Waals surface area contributed by atoms with Crippen LogP contribution in [0.25, 0.3) is 0 Å². The van der Waals surface area contributed by atoms with Crippen molar-refractivity contribution < 1.29 is 13.9 Å². The van der Waals surface area contributed by atoms with Gasteiger partial charge < -0.3 is 9.64 Å². The number of benzene rings is 1. The molecule has 1 atom stereocenters. The van der Waals surface area contributed by atoms with Crippen LogP contribution >= 0.6 is 0 Å². The number of aryl methyl sites for hydroxylation is 1. The molecule has 126 valence electrons. The van der Waals surface area contributed by atoms with Crippen molar-refractivity contribution in [3.05, 3.63) is 59.7 Å². The third-order valence-corrected chi connectivity index (χ3v) is 4.43. The SMILES string of the molecule is Cc1ncccc1C(=O)N1CC[C@H](CCOc2ccccc2F)C1. The number of hydrogen-bond donors (Lipinski definition) is 0. The minimum Gasteiger partial charge on any atom is -0.491 e. The molecule has 2 aromatic rings. The molecule has 24 heavy (non-hydrogen) atoms. The number of halogens is 1. The summed E-state index contributed by atoms with van der Waals surface area (Å²) in [5, 5.41) is 0. The Labute approximate surface area is 141 Å². The van der Waals surface area contributed by atoms with Crippen LogP contribution in [-0.2, 0) is 0 Å². The van der Waals surface area contributed by atoms with Crippen molar-refractivity contribution in [3.63, 3.8) is 0 Å². The number of para-hydroxylation sites is 1. The fraction of sp³-hybridized carbons (Fsp3) is 0.368. The first kappa shape index (κ1) is 16.4. The Hall–Kier alpha value is -2.43. The fourth-order valence-corrected chi connectivity index (χ4v) is 3.03. The molecule has 4 nitrogen and oxygen atoms in total. The van der Waals surface area contributed by atoms with Gasteiger partial charge in [-0.2, -0.15) is 0 Å². The Balaban J connectivity index is 1.50. The summed E-state index contributed by atoms with van der Waals surface area (Å²) in [7, 11) is 0. The van der Waals surface area contributed by atoms with Crippen molar-refractivity contribution in [2.24, 2.45) is 5.92 Å². The summed E-state index contributed by atoms with van der Waals surface area (Å²) in [6.45, 7) is 3.77. The van der Waals surface area contributed by atoms with E-state index in [-0.39, 0.29) is 17.5 Å². The van der Waals surface area contributed by atoms with Gasteiger partial charge in [-0.25, -0.2) is 4.39 Å². The number of hydrogen-bond acceptors (Lipinski definition) is 3. The summed E-state index contributed by atoms with van der Waals surface area (Å²) in [6.07, 6.45) is 3.45. The van der Waals surface area contributed by atoms with Gasteiger partial charge in [-0.05, 0) is 49.9 Å². The van der Waals surface area contributed by atoms with E-state index in [9.17, 15) is 9.18 Å². The molecular weight excluding hydrogens is 307 g/mol. The molecule has 1 aromatic carbocycles. The molecule has 0 radical (unpaired) electrons. The number of ether oxygens (including phenoxy) is 1. The van der Waals surface area contributed by atoms with Crippen LogP contribution in [0.4, 0.5) is 4.39 Å². The van der Waals surface area contributed by atoms with Gasteiger partial charge >= 0.3 is 0 Å². The lowest BCUT2D eigenvalue weighted by Gasteiger charge is -2.17. The summed E-state index contributed by atoms with van der Waals surface area (Å²) in [5.41, 5.74) is 1.43. The van der Waals surface area contributed by atoms with Crippen molar-refractivity contribution in [2.45, 2.75) is 19.8 Å². The summed E-state index contributed by atoms with van der Waals surface area (Å²) in [4.78, 5) is 18.6. The lowest BCUT2D eigenvalue weighted by Crippen LogP contribution is -2.29. The van der Waals surface area contributed by atoms with E-state index >= 15 is 0 Å². The van der Waals surface area contributed by atoms with Crippen LogP contribution in [-0.4, -0.2) is 35.5 Å². The average Bonchev–Trinajstić information content (AvgIpc) is 3.05. The Morgan fingerprint density at radius 2 is 2.17 bits per heavy atom. The number of amides is 1. The largest absolute Gasteiger partial charge is 0.491 e. The highest BCUT2D eigenvalue weighted by molar-refractivity contribution is 5.95. The van der Waals surface area contributed by atoms with E-state index in [1.807, 2.05) is 17.9 Å². The minimum atomic E-state index is -0.340. The minimum absolute atomic E-state index is 0.0399. The van der Waals surface area contributed by atoms with Gasteiger partial charge in [0, 0.05) is 25.0 Å². The van der Waals surface area contributed by atoms with E-state index in [4.69, 9.17) is 4.74 Å². The van der Waals surface area contributed by atoms with Gasteiger partial charge in [-0.15, -0.1) is 0 Å². The molecule has 2 heterocycles. The average molecular weight is 328 g/mol. The molecular formula is C19H21FN2O2. The fourth-order valence-electron chi connectivity index (χ4n) is 3.03. The van der Waals surface area contributed by atoms with Crippen LogP contribution in [0, 0.1) is 18.7 Å². The van der Waals surface area contributed by atoms with Crippen molar-refractivity contribution in [3.8, 4) is 5.75 Å². The molecule has 0 unspecified atom stereocenters. The molecule has 0 spiro atoms. The molecule has 0 saturated carbocycles. The Kier molecular flexibility index (Phi) is 5.08. The third-order valence-electron chi connectivity index (χ3n) is 4.43. The maximum absolute atomic E-state index is 13.5. The molecule has 1 aromatic heterocycles. The second kappa shape index (κ2) is 7.43. The van der Waals surface area contributed by atoms with Gasteiger partial charge in [-0.1, -0.05) is 12.1 Å². The van der Waals surface area contributed by atoms with E-state index in [1.165, 1.54) is 6.07 Å². The molecule has 1 fully saturated rings. The molecule has 1 saturated heterocycles. The maximum Gasteiger partial charge on any atom is 0.255 e. The van der Waals surface area contributed by atoms with E-state index in [2.05, 4.69) is 4.98 Å². The third kappa shape index (κ3) is 3.72. The van der Waals surface area contributed by atoms with Crippen molar-refractivity contribution in [1.82, 2.24) is 9.88 Å². The maximum atomic E-state index is 13.5. The number of carbonyl (C=O) groups is 1. The first-order chi connectivity index (χ1) is 11.6. The van der Waals surface area contributed by atoms with Gasteiger partial charge in [0.15, 0.2) is 11.6 Å². The first-order valence-electron chi connectivity index (χ1n) is 8.23. The van der Waals surface area contributed by atoms with E-state index in [1.54, 1.807) is 30.5 Å². The topological polar surface area (TPSA) is 42.4 Å². The van der Waals surface area contributed by atoms with Crippen molar-refractivity contribution in [2.75, 3.05) is 19.7 Å².